The lowest BCUT2D eigenvalue weighted by Crippen LogP contribution is -2.32. The van der Waals surface area contributed by atoms with E-state index < -0.39 is 0 Å². The summed E-state index contributed by atoms with van der Waals surface area (Å²) in [5.41, 5.74) is 2.65. The van der Waals surface area contributed by atoms with Crippen LogP contribution in [0.4, 0.5) is 17.3 Å². The molecule has 2 heterocycles. The topological polar surface area (TPSA) is 70.2 Å². The van der Waals surface area contributed by atoms with Crippen molar-refractivity contribution in [2.24, 2.45) is 5.92 Å². The van der Waals surface area contributed by atoms with E-state index in [9.17, 15) is 4.79 Å². The minimum absolute atomic E-state index is 0.136. The summed E-state index contributed by atoms with van der Waals surface area (Å²) in [6.07, 6.45) is 6.50. The summed E-state index contributed by atoms with van der Waals surface area (Å²) in [7, 11) is 0. The Bertz CT molecular complexity index is 736. The minimum Gasteiger partial charge on any atom is -0.372 e. The van der Waals surface area contributed by atoms with Gasteiger partial charge in [0.15, 0.2) is 0 Å². The first kappa shape index (κ1) is 19.1. The van der Waals surface area contributed by atoms with Gasteiger partial charge in [-0.15, -0.1) is 0 Å². The van der Waals surface area contributed by atoms with Crippen LogP contribution >= 0.6 is 0 Å². The van der Waals surface area contributed by atoms with Crippen LogP contribution in [0.5, 0.6) is 0 Å². The predicted molar refractivity (Wildman–Crippen MR) is 110 cm³/mol. The van der Waals surface area contributed by atoms with Gasteiger partial charge >= 0.3 is 0 Å². The molecular formula is C21H29N5O. The quantitative estimate of drug-likeness (QED) is 0.808. The second kappa shape index (κ2) is 8.84. The highest BCUT2D eigenvalue weighted by molar-refractivity contribution is 5.93. The van der Waals surface area contributed by atoms with E-state index >= 15 is 0 Å². The molecule has 0 bridgehead atoms. The fourth-order valence-electron chi connectivity index (χ4n) is 3.07. The number of nitrogens with zero attached hydrogens (tertiary/aromatic N) is 3. The Labute approximate surface area is 161 Å². The molecule has 6 heteroatoms. The monoisotopic (exact) mass is 367 g/mol. The van der Waals surface area contributed by atoms with Crippen LogP contribution in [0.1, 0.15) is 50.4 Å². The summed E-state index contributed by atoms with van der Waals surface area (Å²) >= 11 is 0. The number of carbonyl (C=O) groups excluding carboxylic acids is 1. The van der Waals surface area contributed by atoms with E-state index in [4.69, 9.17) is 0 Å². The standard InChI is InChI=1S/C21H29N5O/c1-4-16(3)24-20(27)17-13-22-21(23-14-17)25-18-5-7-19(8-6-18)26-11-9-15(2)10-12-26/h5-8,13-16H,4,9-12H2,1-3H3,(H,24,27)(H,22,23,25). The van der Waals surface area contributed by atoms with Crippen molar-refractivity contribution in [2.75, 3.05) is 23.3 Å². The SMILES string of the molecule is CCC(C)NC(=O)c1cnc(Nc2ccc(N3CCC(C)CC3)cc2)nc1. The molecule has 2 aromatic rings. The first-order valence-electron chi connectivity index (χ1n) is 9.80. The maximum Gasteiger partial charge on any atom is 0.254 e. The van der Waals surface area contributed by atoms with Gasteiger partial charge in [-0.25, -0.2) is 9.97 Å². The molecule has 1 saturated heterocycles. The fraction of sp³-hybridized carbons (Fsp3) is 0.476. The van der Waals surface area contributed by atoms with Crippen molar-refractivity contribution in [1.29, 1.82) is 0 Å². The Morgan fingerprint density at radius 1 is 1.19 bits per heavy atom. The molecule has 6 nitrogen and oxygen atoms in total. The second-order valence-corrected chi connectivity index (χ2v) is 7.42. The number of anilines is 3. The summed E-state index contributed by atoms with van der Waals surface area (Å²) in [5, 5.41) is 6.10. The summed E-state index contributed by atoms with van der Waals surface area (Å²) in [4.78, 5) is 23.0. The molecule has 1 fully saturated rings. The number of aromatic nitrogens is 2. The Morgan fingerprint density at radius 2 is 1.81 bits per heavy atom. The highest BCUT2D eigenvalue weighted by atomic mass is 16.1. The third kappa shape index (κ3) is 5.18. The van der Waals surface area contributed by atoms with Gasteiger partial charge in [0.05, 0.1) is 5.56 Å². The zero-order valence-electron chi connectivity index (χ0n) is 16.4. The number of hydrogen-bond donors (Lipinski definition) is 2. The van der Waals surface area contributed by atoms with E-state index in [0.717, 1.165) is 31.1 Å². The molecule has 0 saturated carbocycles. The van der Waals surface area contributed by atoms with Gasteiger partial charge in [0, 0.05) is 42.9 Å². The maximum absolute atomic E-state index is 12.1. The van der Waals surface area contributed by atoms with Crippen molar-refractivity contribution in [2.45, 2.75) is 46.1 Å². The van der Waals surface area contributed by atoms with Crippen LogP contribution < -0.4 is 15.5 Å². The van der Waals surface area contributed by atoms with Gasteiger partial charge in [-0.2, -0.15) is 0 Å². The van der Waals surface area contributed by atoms with Gasteiger partial charge in [0.25, 0.3) is 5.91 Å². The molecule has 3 rings (SSSR count). The predicted octanol–water partition coefficient (Wildman–Crippen LogP) is 3.98. The van der Waals surface area contributed by atoms with Crippen molar-refractivity contribution in [1.82, 2.24) is 15.3 Å². The highest BCUT2D eigenvalue weighted by Crippen LogP contribution is 2.24. The fourth-order valence-corrected chi connectivity index (χ4v) is 3.07. The summed E-state index contributed by atoms with van der Waals surface area (Å²) in [5.74, 6) is 1.17. The molecule has 1 amide bonds. The van der Waals surface area contributed by atoms with E-state index in [-0.39, 0.29) is 11.9 Å². The summed E-state index contributed by atoms with van der Waals surface area (Å²) < 4.78 is 0. The van der Waals surface area contributed by atoms with E-state index in [0.29, 0.717) is 11.5 Å². The molecule has 1 aliphatic rings. The third-order valence-corrected chi connectivity index (χ3v) is 5.18. The normalized spacial score (nSPS) is 16.0. The number of amides is 1. The molecule has 2 N–H and O–H groups in total. The molecule has 1 aromatic heterocycles. The van der Waals surface area contributed by atoms with Gasteiger partial charge in [-0.1, -0.05) is 13.8 Å². The van der Waals surface area contributed by atoms with Crippen molar-refractivity contribution >= 4 is 23.2 Å². The summed E-state index contributed by atoms with van der Waals surface area (Å²) in [6, 6.07) is 8.48. The first-order chi connectivity index (χ1) is 13.0. The molecule has 0 spiro atoms. The van der Waals surface area contributed by atoms with E-state index in [1.165, 1.54) is 18.5 Å². The second-order valence-electron chi connectivity index (χ2n) is 7.42. The third-order valence-electron chi connectivity index (χ3n) is 5.18. The lowest BCUT2D eigenvalue weighted by atomic mass is 9.99. The van der Waals surface area contributed by atoms with Crippen LogP contribution in [0.25, 0.3) is 0 Å². The van der Waals surface area contributed by atoms with E-state index in [1.807, 2.05) is 26.0 Å². The number of benzene rings is 1. The lowest BCUT2D eigenvalue weighted by molar-refractivity contribution is 0.0938. The van der Waals surface area contributed by atoms with Crippen molar-refractivity contribution in [3.05, 3.63) is 42.2 Å². The molecule has 1 unspecified atom stereocenters. The maximum atomic E-state index is 12.1. The molecule has 1 aliphatic heterocycles. The van der Waals surface area contributed by atoms with Crippen molar-refractivity contribution in [3.63, 3.8) is 0 Å². The van der Waals surface area contributed by atoms with E-state index in [2.05, 4.69) is 44.6 Å². The number of rotatable bonds is 6. The van der Waals surface area contributed by atoms with Gasteiger partial charge in [-0.05, 0) is 56.4 Å². The van der Waals surface area contributed by atoms with Crippen LogP contribution in [0, 0.1) is 5.92 Å². The average molecular weight is 367 g/mol. The van der Waals surface area contributed by atoms with Crippen LogP contribution in [0.3, 0.4) is 0 Å². The smallest absolute Gasteiger partial charge is 0.254 e. The van der Waals surface area contributed by atoms with E-state index in [1.54, 1.807) is 12.4 Å². The zero-order chi connectivity index (χ0) is 19.2. The van der Waals surface area contributed by atoms with Gasteiger partial charge in [0.2, 0.25) is 5.95 Å². The van der Waals surface area contributed by atoms with Gasteiger partial charge < -0.3 is 15.5 Å². The molecule has 1 aromatic carbocycles. The molecule has 27 heavy (non-hydrogen) atoms. The van der Waals surface area contributed by atoms with Crippen LogP contribution in [-0.2, 0) is 0 Å². The molecule has 0 aliphatic carbocycles. The van der Waals surface area contributed by atoms with Crippen molar-refractivity contribution in [3.8, 4) is 0 Å². The highest BCUT2D eigenvalue weighted by Gasteiger charge is 2.16. The number of hydrogen-bond acceptors (Lipinski definition) is 5. The molecular weight excluding hydrogens is 338 g/mol. The average Bonchev–Trinajstić information content (AvgIpc) is 2.69. The van der Waals surface area contributed by atoms with Gasteiger partial charge in [-0.3, -0.25) is 4.79 Å². The minimum atomic E-state index is -0.142. The van der Waals surface area contributed by atoms with Crippen molar-refractivity contribution < 1.29 is 4.79 Å². The Kier molecular flexibility index (Phi) is 6.27. The first-order valence-corrected chi connectivity index (χ1v) is 9.80. The lowest BCUT2D eigenvalue weighted by Gasteiger charge is -2.32. The number of piperidine rings is 1. The van der Waals surface area contributed by atoms with Crippen LogP contribution in [-0.4, -0.2) is 35.0 Å². The Morgan fingerprint density at radius 3 is 2.41 bits per heavy atom. The van der Waals surface area contributed by atoms with Gasteiger partial charge in [0.1, 0.15) is 0 Å². The zero-order valence-corrected chi connectivity index (χ0v) is 16.4. The largest absolute Gasteiger partial charge is 0.372 e. The molecule has 144 valence electrons. The van der Waals surface area contributed by atoms with Crippen LogP contribution in [0.2, 0.25) is 0 Å². The number of carbonyl (C=O) groups is 1. The number of nitrogens with one attached hydrogen (secondary N) is 2. The Hall–Kier alpha value is -2.63. The molecule has 1 atom stereocenters. The van der Waals surface area contributed by atoms with Crippen LogP contribution in [0.15, 0.2) is 36.7 Å². The summed E-state index contributed by atoms with van der Waals surface area (Å²) in [6.45, 7) is 8.58. The Balaban J connectivity index is 1.58. The molecule has 0 radical (unpaired) electrons.